The maximum absolute atomic E-state index is 11.4. The molecule has 1 heterocycles. The second-order valence-corrected chi connectivity index (χ2v) is 5.16. The molecule has 114 valence electrons. The number of nitrogens with one attached hydrogen (secondary N) is 1. The van der Waals surface area contributed by atoms with Crippen molar-refractivity contribution in [2.45, 2.75) is 6.92 Å². The Bertz CT molecular complexity index is 681. The van der Waals surface area contributed by atoms with Gasteiger partial charge in [-0.3, -0.25) is 0 Å². The van der Waals surface area contributed by atoms with Crippen LogP contribution in [0.2, 0.25) is 5.15 Å². The van der Waals surface area contributed by atoms with Crippen LogP contribution in [0.4, 0.5) is 5.69 Å². The summed E-state index contributed by atoms with van der Waals surface area (Å²) >= 11 is 5.99. The molecule has 0 saturated heterocycles. The van der Waals surface area contributed by atoms with Crippen LogP contribution < -0.4 is 5.32 Å². The van der Waals surface area contributed by atoms with E-state index in [2.05, 4.69) is 15.0 Å². The van der Waals surface area contributed by atoms with E-state index in [0.29, 0.717) is 17.3 Å². The number of carbonyl (C=O) groups is 1. The lowest BCUT2D eigenvalue weighted by Gasteiger charge is -2.08. The zero-order valence-electron chi connectivity index (χ0n) is 12.5. The third-order valence-electron chi connectivity index (χ3n) is 3.06. The van der Waals surface area contributed by atoms with E-state index < -0.39 is 0 Å². The number of rotatable bonds is 5. The van der Waals surface area contributed by atoms with Gasteiger partial charge in [0.1, 0.15) is 0 Å². The number of esters is 1. The highest BCUT2D eigenvalue weighted by Gasteiger charge is 2.04. The second kappa shape index (κ2) is 7.61. The zero-order valence-corrected chi connectivity index (χ0v) is 13.2. The second-order valence-electron chi connectivity index (χ2n) is 4.80. The molecule has 0 fully saturated rings. The summed E-state index contributed by atoms with van der Waals surface area (Å²) in [5, 5.41) is 3.69. The lowest BCUT2D eigenvalue weighted by molar-refractivity contribution is 0.0601. The predicted molar refractivity (Wildman–Crippen MR) is 89.2 cm³/mol. The molecule has 0 saturated carbocycles. The van der Waals surface area contributed by atoms with Crippen molar-refractivity contribution in [3.63, 3.8) is 0 Å². The molecule has 0 aliphatic heterocycles. The zero-order chi connectivity index (χ0) is 15.9. The van der Waals surface area contributed by atoms with Crippen LogP contribution in [0.5, 0.6) is 0 Å². The fourth-order valence-electron chi connectivity index (χ4n) is 1.92. The molecule has 0 amide bonds. The highest BCUT2D eigenvalue weighted by atomic mass is 35.5. The normalized spacial score (nSPS) is 11.1. The number of halogens is 1. The van der Waals surface area contributed by atoms with Gasteiger partial charge in [0.2, 0.25) is 0 Å². The quantitative estimate of drug-likeness (QED) is 0.668. The molecule has 0 spiro atoms. The molecule has 0 unspecified atom stereocenters. The summed E-state index contributed by atoms with van der Waals surface area (Å²) in [6.07, 6.45) is 3.69. The van der Waals surface area contributed by atoms with Gasteiger partial charge in [-0.25, -0.2) is 9.78 Å². The van der Waals surface area contributed by atoms with Crippen molar-refractivity contribution in [2.24, 2.45) is 0 Å². The molecule has 2 aromatic rings. The summed E-state index contributed by atoms with van der Waals surface area (Å²) < 4.78 is 4.67. The minimum Gasteiger partial charge on any atom is -0.465 e. The van der Waals surface area contributed by atoms with Crippen LogP contribution >= 0.6 is 11.6 Å². The molecule has 22 heavy (non-hydrogen) atoms. The summed E-state index contributed by atoms with van der Waals surface area (Å²) in [6, 6.07) is 11.0. The van der Waals surface area contributed by atoms with Crippen LogP contribution in [0.1, 0.15) is 22.8 Å². The van der Waals surface area contributed by atoms with Gasteiger partial charge in [-0.1, -0.05) is 35.4 Å². The molecule has 1 N–H and O–H groups in total. The number of hydrogen-bond donors (Lipinski definition) is 1. The molecule has 0 bridgehead atoms. The van der Waals surface area contributed by atoms with Crippen LogP contribution in [0.3, 0.4) is 0 Å². The Labute approximate surface area is 134 Å². The van der Waals surface area contributed by atoms with E-state index in [-0.39, 0.29) is 5.97 Å². The standard InChI is InChI=1S/C17H17ClN2O2/c1-12(11-20-15-4-3-9-19-16(15)18)10-13-5-7-14(8-6-13)17(21)22-2/h3-10,20H,11H2,1-2H3/b12-10+. The van der Waals surface area contributed by atoms with Crippen molar-refractivity contribution >= 4 is 29.3 Å². The monoisotopic (exact) mass is 316 g/mol. The molecule has 4 nitrogen and oxygen atoms in total. The summed E-state index contributed by atoms with van der Waals surface area (Å²) in [5.41, 5.74) is 3.49. The first-order chi connectivity index (χ1) is 10.6. The first-order valence-electron chi connectivity index (χ1n) is 6.80. The van der Waals surface area contributed by atoms with Crippen LogP contribution in [0.25, 0.3) is 6.08 Å². The van der Waals surface area contributed by atoms with Gasteiger partial charge in [-0.2, -0.15) is 0 Å². The average molecular weight is 317 g/mol. The maximum Gasteiger partial charge on any atom is 0.337 e. The van der Waals surface area contributed by atoms with E-state index in [0.717, 1.165) is 16.8 Å². The largest absolute Gasteiger partial charge is 0.465 e. The van der Waals surface area contributed by atoms with Crippen LogP contribution in [-0.2, 0) is 4.74 Å². The van der Waals surface area contributed by atoms with Gasteiger partial charge in [0, 0.05) is 12.7 Å². The Morgan fingerprint density at radius 3 is 2.68 bits per heavy atom. The van der Waals surface area contributed by atoms with Crippen molar-refractivity contribution in [1.82, 2.24) is 4.98 Å². The van der Waals surface area contributed by atoms with E-state index in [4.69, 9.17) is 11.6 Å². The van der Waals surface area contributed by atoms with E-state index in [1.54, 1.807) is 18.3 Å². The molecule has 2 rings (SSSR count). The van der Waals surface area contributed by atoms with Gasteiger partial charge in [0.25, 0.3) is 0 Å². The molecular weight excluding hydrogens is 300 g/mol. The Hall–Kier alpha value is -2.33. The summed E-state index contributed by atoms with van der Waals surface area (Å²) in [4.78, 5) is 15.4. The predicted octanol–water partition coefficient (Wildman–Crippen LogP) is 4.04. The fraction of sp³-hybridized carbons (Fsp3) is 0.176. The number of aromatic nitrogens is 1. The SMILES string of the molecule is COC(=O)c1ccc(/C=C(\C)CNc2cccnc2Cl)cc1. The van der Waals surface area contributed by atoms with Crippen molar-refractivity contribution < 1.29 is 9.53 Å². The molecule has 1 aromatic heterocycles. The molecule has 0 aliphatic rings. The Kier molecular flexibility index (Phi) is 5.55. The highest BCUT2D eigenvalue weighted by molar-refractivity contribution is 6.31. The number of ether oxygens (including phenoxy) is 1. The molecule has 0 atom stereocenters. The van der Waals surface area contributed by atoms with Gasteiger partial charge < -0.3 is 10.1 Å². The summed E-state index contributed by atoms with van der Waals surface area (Å²) in [5.74, 6) is -0.333. The first kappa shape index (κ1) is 16.0. The van der Waals surface area contributed by atoms with Crippen LogP contribution in [-0.4, -0.2) is 24.6 Å². The number of anilines is 1. The molecule has 1 aromatic carbocycles. The lowest BCUT2D eigenvalue weighted by Crippen LogP contribution is -2.03. The number of hydrogen-bond acceptors (Lipinski definition) is 4. The Morgan fingerprint density at radius 2 is 2.05 bits per heavy atom. The number of nitrogens with zero attached hydrogens (tertiary/aromatic N) is 1. The number of pyridine rings is 1. The highest BCUT2D eigenvalue weighted by Crippen LogP contribution is 2.18. The minimum absolute atomic E-state index is 0.333. The molecule has 0 aliphatic carbocycles. The summed E-state index contributed by atoms with van der Waals surface area (Å²) in [7, 11) is 1.37. The Morgan fingerprint density at radius 1 is 1.32 bits per heavy atom. The topological polar surface area (TPSA) is 51.2 Å². The van der Waals surface area contributed by atoms with E-state index in [1.165, 1.54) is 7.11 Å². The molecule has 0 radical (unpaired) electrons. The van der Waals surface area contributed by atoms with Crippen LogP contribution in [0, 0.1) is 0 Å². The minimum atomic E-state index is -0.333. The van der Waals surface area contributed by atoms with Gasteiger partial charge in [0.05, 0.1) is 18.4 Å². The molecule has 5 heteroatoms. The van der Waals surface area contributed by atoms with Gasteiger partial charge in [-0.05, 0) is 36.8 Å². The number of methoxy groups -OCH3 is 1. The fourth-order valence-corrected chi connectivity index (χ4v) is 2.11. The van der Waals surface area contributed by atoms with Gasteiger partial charge in [-0.15, -0.1) is 0 Å². The van der Waals surface area contributed by atoms with E-state index in [9.17, 15) is 4.79 Å². The average Bonchev–Trinajstić information content (AvgIpc) is 2.54. The third kappa shape index (κ3) is 4.33. The lowest BCUT2D eigenvalue weighted by atomic mass is 10.1. The first-order valence-corrected chi connectivity index (χ1v) is 7.18. The van der Waals surface area contributed by atoms with Gasteiger partial charge >= 0.3 is 5.97 Å². The van der Waals surface area contributed by atoms with Crippen molar-refractivity contribution in [3.8, 4) is 0 Å². The number of benzene rings is 1. The van der Waals surface area contributed by atoms with Crippen LogP contribution in [0.15, 0.2) is 48.2 Å². The third-order valence-corrected chi connectivity index (χ3v) is 3.36. The molecular formula is C17H17ClN2O2. The van der Waals surface area contributed by atoms with Crippen molar-refractivity contribution in [1.29, 1.82) is 0 Å². The maximum atomic E-state index is 11.4. The van der Waals surface area contributed by atoms with Crippen molar-refractivity contribution in [3.05, 3.63) is 64.4 Å². The summed E-state index contributed by atoms with van der Waals surface area (Å²) in [6.45, 7) is 2.68. The smallest absolute Gasteiger partial charge is 0.337 e. The van der Waals surface area contributed by atoms with Gasteiger partial charge in [0.15, 0.2) is 5.15 Å². The Balaban J connectivity index is 2.00. The van der Waals surface area contributed by atoms with Crippen molar-refractivity contribution in [2.75, 3.05) is 19.0 Å². The van der Waals surface area contributed by atoms with E-state index in [1.807, 2.05) is 37.3 Å². The number of carbonyl (C=O) groups excluding carboxylic acids is 1. The van der Waals surface area contributed by atoms with E-state index >= 15 is 0 Å².